The van der Waals surface area contributed by atoms with E-state index in [0.717, 1.165) is 27.9 Å². The lowest BCUT2D eigenvalue weighted by Gasteiger charge is -2.06. The molecule has 0 aliphatic heterocycles. The Balaban J connectivity index is 0.000000321. The summed E-state index contributed by atoms with van der Waals surface area (Å²) in [5, 5.41) is 17.8. The number of rotatable bonds is 3. The molecule has 5 N–H and O–H groups in total. The average molecular weight is 380 g/mol. The van der Waals surface area contributed by atoms with Crippen LogP contribution in [-0.2, 0) is 17.9 Å². The molecule has 1 aromatic heterocycles. The number of hydrogen-bond acceptors (Lipinski definition) is 3. The van der Waals surface area contributed by atoms with Crippen molar-refractivity contribution in [3.63, 3.8) is 0 Å². The molecule has 8 heteroatoms. The number of halogens is 3. The predicted octanol–water partition coefficient (Wildman–Crippen LogP) is 3.73. The van der Waals surface area contributed by atoms with E-state index in [2.05, 4.69) is 24.0 Å². The standard InChI is InChI=1S/C17H18N2O.C2HF3O2/c1-11-15-8-12(9-18)6-7-16(15)19-17(11)14-5-3-2-4-13(14)10-20;3-2(4,5)1(6)7/h2-8,19-20H,9-10,18H2,1H3;(H,6,7). The number of H-pyrrole nitrogens is 1. The zero-order valence-corrected chi connectivity index (χ0v) is 14.5. The van der Waals surface area contributed by atoms with Gasteiger partial charge in [-0.25, -0.2) is 4.79 Å². The third-order valence-electron chi connectivity index (χ3n) is 4.06. The SMILES string of the molecule is Cc1c(-c2ccccc2CO)[nH]c2ccc(CN)cc12.O=C(O)C(F)(F)F. The lowest BCUT2D eigenvalue weighted by molar-refractivity contribution is -0.192. The van der Waals surface area contributed by atoms with Gasteiger partial charge in [-0.15, -0.1) is 0 Å². The van der Waals surface area contributed by atoms with Gasteiger partial charge in [0.2, 0.25) is 0 Å². The van der Waals surface area contributed by atoms with Crippen molar-refractivity contribution in [2.24, 2.45) is 5.73 Å². The van der Waals surface area contributed by atoms with Gasteiger partial charge in [0.05, 0.1) is 6.61 Å². The number of aryl methyl sites for hydroxylation is 1. The molecule has 0 fully saturated rings. The number of aliphatic hydroxyl groups excluding tert-OH is 1. The summed E-state index contributed by atoms with van der Waals surface area (Å²) in [5.41, 5.74) is 12.2. The van der Waals surface area contributed by atoms with E-state index in [1.165, 1.54) is 10.9 Å². The molecule has 0 aliphatic rings. The molecule has 0 saturated heterocycles. The van der Waals surface area contributed by atoms with E-state index in [1.807, 2.05) is 30.3 Å². The van der Waals surface area contributed by atoms with Crippen LogP contribution in [0, 0.1) is 6.92 Å². The van der Waals surface area contributed by atoms with Crippen molar-refractivity contribution >= 4 is 16.9 Å². The molecule has 0 aliphatic carbocycles. The van der Waals surface area contributed by atoms with Gasteiger partial charge in [0, 0.05) is 28.7 Å². The quantitative estimate of drug-likeness (QED) is 0.556. The molecular formula is C19H19F3N2O3. The topological polar surface area (TPSA) is 99.3 Å². The van der Waals surface area contributed by atoms with Gasteiger partial charge in [0.15, 0.2) is 0 Å². The Kier molecular flexibility index (Phi) is 6.24. The summed E-state index contributed by atoms with van der Waals surface area (Å²) >= 11 is 0. The van der Waals surface area contributed by atoms with Crippen LogP contribution in [0.4, 0.5) is 13.2 Å². The number of nitrogens with two attached hydrogens (primary N) is 1. The van der Waals surface area contributed by atoms with Crippen molar-refractivity contribution in [3.8, 4) is 11.3 Å². The number of nitrogens with one attached hydrogen (secondary N) is 1. The molecule has 0 amide bonds. The highest BCUT2D eigenvalue weighted by Gasteiger charge is 2.38. The predicted molar refractivity (Wildman–Crippen MR) is 96.0 cm³/mol. The number of aromatic nitrogens is 1. The van der Waals surface area contributed by atoms with Gasteiger partial charge in [-0.1, -0.05) is 30.3 Å². The molecule has 27 heavy (non-hydrogen) atoms. The van der Waals surface area contributed by atoms with E-state index in [-0.39, 0.29) is 6.61 Å². The normalized spacial score (nSPS) is 11.2. The van der Waals surface area contributed by atoms with E-state index >= 15 is 0 Å². The number of benzene rings is 2. The van der Waals surface area contributed by atoms with Crippen LogP contribution in [0.25, 0.3) is 22.2 Å². The Hall–Kier alpha value is -2.84. The highest BCUT2D eigenvalue weighted by Crippen LogP contribution is 2.32. The Morgan fingerprint density at radius 1 is 1.19 bits per heavy atom. The molecule has 0 spiro atoms. The monoisotopic (exact) mass is 380 g/mol. The van der Waals surface area contributed by atoms with Gasteiger partial charge in [0.1, 0.15) is 0 Å². The highest BCUT2D eigenvalue weighted by molar-refractivity contribution is 5.91. The van der Waals surface area contributed by atoms with Gasteiger partial charge in [-0.3, -0.25) is 0 Å². The van der Waals surface area contributed by atoms with E-state index in [9.17, 15) is 18.3 Å². The number of aliphatic carboxylic acids is 1. The lowest BCUT2D eigenvalue weighted by atomic mass is 10.0. The third-order valence-corrected chi connectivity index (χ3v) is 4.06. The van der Waals surface area contributed by atoms with Crippen molar-refractivity contribution in [2.75, 3.05) is 0 Å². The van der Waals surface area contributed by atoms with Crippen LogP contribution >= 0.6 is 0 Å². The molecule has 0 saturated carbocycles. The Morgan fingerprint density at radius 3 is 2.37 bits per heavy atom. The number of carbonyl (C=O) groups is 1. The summed E-state index contributed by atoms with van der Waals surface area (Å²) in [7, 11) is 0. The largest absolute Gasteiger partial charge is 0.490 e. The number of aromatic amines is 1. The van der Waals surface area contributed by atoms with E-state index in [0.29, 0.717) is 6.54 Å². The van der Waals surface area contributed by atoms with Crippen LogP contribution in [0.5, 0.6) is 0 Å². The minimum absolute atomic E-state index is 0.0407. The summed E-state index contributed by atoms with van der Waals surface area (Å²) in [5.74, 6) is -2.76. The van der Waals surface area contributed by atoms with Gasteiger partial charge >= 0.3 is 12.1 Å². The molecule has 144 valence electrons. The Labute approximate surface area is 153 Å². The number of aliphatic hydroxyl groups is 1. The van der Waals surface area contributed by atoms with E-state index in [1.54, 1.807) is 0 Å². The van der Waals surface area contributed by atoms with Gasteiger partial charge in [0.25, 0.3) is 0 Å². The minimum atomic E-state index is -5.08. The summed E-state index contributed by atoms with van der Waals surface area (Å²) in [6.07, 6.45) is -5.08. The lowest BCUT2D eigenvalue weighted by Crippen LogP contribution is -2.21. The van der Waals surface area contributed by atoms with Crippen LogP contribution < -0.4 is 5.73 Å². The average Bonchev–Trinajstić information content (AvgIpc) is 2.97. The molecule has 0 bridgehead atoms. The number of carboxylic acid groups (broad SMARTS) is 1. The summed E-state index contributed by atoms with van der Waals surface area (Å²) in [6, 6.07) is 14.2. The number of hydrogen-bond donors (Lipinski definition) is 4. The number of carboxylic acids is 1. The van der Waals surface area contributed by atoms with Gasteiger partial charge in [-0.2, -0.15) is 13.2 Å². The van der Waals surface area contributed by atoms with Crippen LogP contribution in [0.1, 0.15) is 16.7 Å². The molecule has 1 heterocycles. The van der Waals surface area contributed by atoms with E-state index < -0.39 is 12.1 Å². The maximum atomic E-state index is 10.6. The van der Waals surface area contributed by atoms with Crippen molar-refractivity contribution in [1.82, 2.24) is 4.98 Å². The fourth-order valence-corrected chi connectivity index (χ4v) is 2.67. The van der Waals surface area contributed by atoms with Gasteiger partial charge in [-0.05, 0) is 35.7 Å². The zero-order valence-electron chi connectivity index (χ0n) is 14.5. The summed E-state index contributed by atoms with van der Waals surface area (Å²) in [4.78, 5) is 12.4. The van der Waals surface area contributed by atoms with Crippen LogP contribution in [0.15, 0.2) is 42.5 Å². The molecule has 5 nitrogen and oxygen atoms in total. The number of alkyl halides is 3. The summed E-state index contributed by atoms with van der Waals surface area (Å²) in [6.45, 7) is 2.69. The first-order valence-corrected chi connectivity index (χ1v) is 7.99. The van der Waals surface area contributed by atoms with E-state index in [4.69, 9.17) is 15.6 Å². The summed E-state index contributed by atoms with van der Waals surface area (Å²) < 4.78 is 31.7. The molecule has 3 rings (SSSR count). The van der Waals surface area contributed by atoms with Crippen molar-refractivity contribution in [1.29, 1.82) is 0 Å². The zero-order chi connectivity index (χ0) is 20.2. The molecule has 0 radical (unpaired) electrons. The minimum Gasteiger partial charge on any atom is -0.475 e. The maximum Gasteiger partial charge on any atom is 0.490 e. The van der Waals surface area contributed by atoms with Gasteiger partial charge < -0.3 is 20.9 Å². The second-order valence-corrected chi connectivity index (χ2v) is 5.83. The first kappa shape index (κ1) is 20.5. The first-order valence-electron chi connectivity index (χ1n) is 7.99. The Morgan fingerprint density at radius 2 is 1.81 bits per heavy atom. The van der Waals surface area contributed by atoms with Crippen molar-refractivity contribution in [3.05, 3.63) is 59.2 Å². The molecule has 2 aromatic carbocycles. The van der Waals surface area contributed by atoms with Crippen LogP contribution in [-0.4, -0.2) is 27.3 Å². The molecule has 0 unspecified atom stereocenters. The molecule has 3 aromatic rings. The fourth-order valence-electron chi connectivity index (χ4n) is 2.67. The second kappa shape index (κ2) is 8.24. The molecular weight excluding hydrogens is 361 g/mol. The smallest absolute Gasteiger partial charge is 0.475 e. The maximum absolute atomic E-state index is 10.6. The van der Waals surface area contributed by atoms with Crippen LogP contribution in [0.2, 0.25) is 0 Å². The Bertz CT molecular complexity index is 949. The molecule has 0 atom stereocenters. The third kappa shape index (κ3) is 4.66. The highest BCUT2D eigenvalue weighted by atomic mass is 19.4. The first-order chi connectivity index (χ1) is 12.7. The fraction of sp³-hybridized carbons (Fsp3) is 0.211. The van der Waals surface area contributed by atoms with Crippen molar-refractivity contribution < 1.29 is 28.2 Å². The number of fused-ring (bicyclic) bond motifs is 1. The second-order valence-electron chi connectivity index (χ2n) is 5.83. The van der Waals surface area contributed by atoms with Crippen molar-refractivity contribution in [2.45, 2.75) is 26.3 Å². The van der Waals surface area contributed by atoms with Crippen LogP contribution in [0.3, 0.4) is 0 Å².